The molecule has 5 N–H and O–H groups in total. The fraction of sp³-hybridized carbons (Fsp3) is 1.00. The van der Waals surface area contributed by atoms with Crippen molar-refractivity contribution in [2.45, 2.75) is 76.3 Å². The lowest BCUT2D eigenvalue weighted by Crippen LogP contribution is -2.49. The molecule has 0 aromatic heterocycles. The highest BCUT2D eigenvalue weighted by Crippen LogP contribution is 2.09. The van der Waals surface area contributed by atoms with Gasteiger partial charge in [0.1, 0.15) is 18.3 Å². The van der Waals surface area contributed by atoms with Crippen LogP contribution in [0.3, 0.4) is 0 Å². The van der Waals surface area contributed by atoms with Crippen molar-refractivity contribution in [1.82, 2.24) is 4.90 Å². The summed E-state index contributed by atoms with van der Waals surface area (Å²) in [7, 11) is 1.85. The molecule has 0 rings (SSSR count). The maximum Gasteiger partial charge on any atom is 0.111 e. The maximum atomic E-state index is 9.86. The number of aliphatic hydroxyl groups is 5. The molecule has 0 aromatic carbocycles. The van der Waals surface area contributed by atoms with Gasteiger partial charge in [0.2, 0.25) is 0 Å². The molecule has 0 heterocycles. The zero-order valence-electron chi connectivity index (χ0n) is 14.1. The number of hydrogen-bond donors (Lipinski definition) is 5. The van der Waals surface area contributed by atoms with Gasteiger partial charge in [0.05, 0.1) is 12.7 Å². The SMILES string of the molecule is CCCCCCCCCN(C)CC(O)C(O)C(O)C(O)CO. The smallest absolute Gasteiger partial charge is 0.111 e. The second kappa shape index (κ2) is 13.2. The largest absolute Gasteiger partial charge is 0.394 e. The number of nitrogens with zero attached hydrogens (tertiary/aromatic N) is 1. The molecule has 22 heavy (non-hydrogen) atoms. The molecule has 0 bridgehead atoms. The lowest BCUT2D eigenvalue weighted by atomic mass is 10.0. The van der Waals surface area contributed by atoms with Crippen LogP contribution in [0.1, 0.15) is 51.9 Å². The van der Waals surface area contributed by atoms with Gasteiger partial charge in [-0.3, -0.25) is 0 Å². The minimum atomic E-state index is -1.55. The Morgan fingerprint density at radius 3 is 1.82 bits per heavy atom. The monoisotopic (exact) mass is 321 g/mol. The molecule has 0 spiro atoms. The van der Waals surface area contributed by atoms with Crippen LogP contribution in [0.15, 0.2) is 0 Å². The third-order valence-corrected chi connectivity index (χ3v) is 3.97. The van der Waals surface area contributed by atoms with E-state index < -0.39 is 31.0 Å². The van der Waals surface area contributed by atoms with E-state index >= 15 is 0 Å². The highest BCUT2D eigenvalue weighted by atomic mass is 16.4. The van der Waals surface area contributed by atoms with Crippen molar-refractivity contribution in [1.29, 1.82) is 0 Å². The fourth-order valence-electron chi connectivity index (χ4n) is 2.42. The summed E-state index contributed by atoms with van der Waals surface area (Å²) >= 11 is 0. The minimum Gasteiger partial charge on any atom is -0.394 e. The van der Waals surface area contributed by atoms with E-state index in [1.807, 2.05) is 11.9 Å². The van der Waals surface area contributed by atoms with E-state index in [1.54, 1.807) is 0 Å². The Kier molecular flexibility index (Phi) is 13.1. The van der Waals surface area contributed by atoms with Crippen LogP contribution in [0.5, 0.6) is 0 Å². The normalized spacial score (nSPS) is 17.5. The van der Waals surface area contributed by atoms with Gasteiger partial charge in [0.15, 0.2) is 0 Å². The maximum absolute atomic E-state index is 9.86. The molecule has 4 atom stereocenters. The van der Waals surface area contributed by atoms with E-state index in [1.165, 1.54) is 32.1 Å². The predicted octanol–water partition coefficient (Wildman–Crippen LogP) is 0.105. The average Bonchev–Trinajstić information content (AvgIpc) is 2.51. The third kappa shape index (κ3) is 9.71. The van der Waals surface area contributed by atoms with Crippen molar-refractivity contribution in [2.75, 3.05) is 26.7 Å². The van der Waals surface area contributed by atoms with Crippen LogP contribution in [0.2, 0.25) is 0 Å². The fourth-order valence-corrected chi connectivity index (χ4v) is 2.42. The van der Waals surface area contributed by atoms with Crippen molar-refractivity contribution in [3.05, 3.63) is 0 Å². The summed E-state index contributed by atoms with van der Waals surface area (Å²) in [5, 5.41) is 47.1. The minimum absolute atomic E-state index is 0.214. The van der Waals surface area contributed by atoms with Crippen LogP contribution in [0.4, 0.5) is 0 Å². The molecule has 0 aliphatic carbocycles. The summed E-state index contributed by atoms with van der Waals surface area (Å²) in [4.78, 5) is 1.90. The Hall–Kier alpha value is -0.240. The van der Waals surface area contributed by atoms with Gasteiger partial charge >= 0.3 is 0 Å². The summed E-state index contributed by atoms with van der Waals surface area (Å²) in [5.41, 5.74) is 0. The molecule has 0 aliphatic rings. The molecule has 6 heteroatoms. The van der Waals surface area contributed by atoms with Crippen LogP contribution >= 0.6 is 0 Å². The van der Waals surface area contributed by atoms with Gasteiger partial charge in [0.25, 0.3) is 0 Å². The molecular weight excluding hydrogens is 286 g/mol. The van der Waals surface area contributed by atoms with E-state index in [-0.39, 0.29) is 6.54 Å². The number of unbranched alkanes of at least 4 members (excludes halogenated alkanes) is 6. The van der Waals surface area contributed by atoms with Crippen molar-refractivity contribution < 1.29 is 25.5 Å². The number of aliphatic hydroxyl groups excluding tert-OH is 5. The first-order chi connectivity index (χ1) is 10.4. The predicted molar refractivity (Wildman–Crippen MR) is 86.6 cm³/mol. The van der Waals surface area contributed by atoms with Gasteiger partial charge in [0, 0.05) is 6.54 Å². The summed E-state index contributed by atoms with van der Waals surface area (Å²) in [6.45, 7) is 2.58. The molecule has 0 saturated heterocycles. The molecule has 134 valence electrons. The van der Waals surface area contributed by atoms with E-state index in [9.17, 15) is 20.4 Å². The van der Waals surface area contributed by atoms with E-state index in [2.05, 4.69) is 6.92 Å². The van der Waals surface area contributed by atoms with Gasteiger partial charge in [-0.1, -0.05) is 45.4 Å². The Balaban J connectivity index is 3.79. The first-order valence-electron chi connectivity index (χ1n) is 8.45. The molecule has 0 aliphatic heterocycles. The van der Waals surface area contributed by atoms with E-state index in [0.717, 1.165) is 19.4 Å². The second-order valence-corrected chi connectivity index (χ2v) is 6.18. The highest BCUT2D eigenvalue weighted by Gasteiger charge is 2.30. The van der Waals surface area contributed by atoms with Crippen molar-refractivity contribution >= 4 is 0 Å². The van der Waals surface area contributed by atoms with E-state index in [4.69, 9.17) is 5.11 Å². The zero-order valence-corrected chi connectivity index (χ0v) is 14.1. The first-order valence-corrected chi connectivity index (χ1v) is 8.45. The molecule has 0 fully saturated rings. The van der Waals surface area contributed by atoms with Gasteiger partial charge in [-0.25, -0.2) is 0 Å². The number of likely N-dealkylation sites (N-methyl/N-ethyl adjacent to an activating group) is 1. The van der Waals surface area contributed by atoms with Crippen molar-refractivity contribution in [2.24, 2.45) is 0 Å². The van der Waals surface area contributed by atoms with Crippen LogP contribution in [0.25, 0.3) is 0 Å². The van der Waals surface area contributed by atoms with Gasteiger partial charge in [-0.2, -0.15) is 0 Å². The van der Waals surface area contributed by atoms with Gasteiger partial charge in [-0.05, 0) is 20.0 Å². The molecule has 4 unspecified atom stereocenters. The second-order valence-electron chi connectivity index (χ2n) is 6.18. The number of rotatable bonds is 14. The molecular formula is C16H35NO5. The first kappa shape index (κ1) is 21.8. The standard InChI is InChI=1S/C16H35NO5/c1-3-4-5-6-7-8-9-10-17(2)11-13(19)15(21)16(22)14(20)12-18/h13-16,18-22H,3-12H2,1-2H3. The quantitative estimate of drug-likeness (QED) is 0.291. The lowest BCUT2D eigenvalue weighted by Gasteiger charge is -2.28. The highest BCUT2D eigenvalue weighted by molar-refractivity contribution is 4.81. The summed E-state index contributed by atoms with van der Waals surface area (Å²) < 4.78 is 0. The lowest BCUT2D eigenvalue weighted by molar-refractivity contribution is -0.118. The molecule has 0 saturated carbocycles. The van der Waals surface area contributed by atoms with Crippen LogP contribution < -0.4 is 0 Å². The molecule has 0 amide bonds. The Morgan fingerprint density at radius 1 is 0.773 bits per heavy atom. The average molecular weight is 321 g/mol. The van der Waals surface area contributed by atoms with E-state index in [0.29, 0.717) is 0 Å². The number of hydrogen-bond acceptors (Lipinski definition) is 6. The van der Waals surface area contributed by atoms with Gasteiger partial charge < -0.3 is 30.4 Å². The third-order valence-electron chi connectivity index (χ3n) is 3.97. The molecule has 6 nitrogen and oxygen atoms in total. The van der Waals surface area contributed by atoms with Gasteiger partial charge in [-0.15, -0.1) is 0 Å². The Morgan fingerprint density at radius 2 is 1.27 bits per heavy atom. The molecule has 0 aromatic rings. The van der Waals surface area contributed by atoms with Crippen molar-refractivity contribution in [3.8, 4) is 0 Å². The molecule has 0 radical (unpaired) electrons. The summed E-state index contributed by atoms with van der Waals surface area (Å²) in [6, 6.07) is 0. The van der Waals surface area contributed by atoms with Crippen LogP contribution in [-0.4, -0.2) is 81.6 Å². The summed E-state index contributed by atoms with van der Waals surface area (Å²) in [6.07, 6.45) is 2.89. The summed E-state index contributed by atoms with van der Waals surface area (Å²) in [5.74, 6) is 0. The Labute approximate surface area is 134 Å². The van der Waals surface area contributed by atoms with Crippen LogP contribution in [0, 0.1) is 0 Å². The Bertz CT molecular complexity index is 255. The zero-order chi connectivity index (χ0) is 17.0. The topological polar surface area (TPSA) is 104 Å². The van der Waals surface area contributed by atoms with Crippen LogP contribution in [-0.2, 0) is 0 Å². The van der Waals surface area contributed by atoms with Crippen molar-refractivity contribution in [3.63, 3.8) is 0 Å².